The summed E-state index contributed by atoms with van der Waals surface area (Å²) in [6.45, 7) is 4.12. The molecule has 4 nitrogen and oxygen atoms in total. The monoisotopic (exact) mass is 263 g/mol. The van der Waals surface area contributed by atoms with Gasteiger partial charge >= 0.3 is 0 Å². The number of carbonyl (C=O) groups excluding carboxylic acids is 1. The minimum absolute atomic E-state index is 0.114. The number of carbonyl (C=O) groups is 1. The number of benzene rings is 1. The van der Waals surface area contributed by atoms with Crippen LogP contribution in [0.1, 0.15) is 24.3 Å². The maximum Gasteiger partial charge on any atom is 0.272 e. The predicted octanol–water partition coefficient (Wildman–Crippen LogP) is 2.43. The van der Waals surface area contributed by atoms with E-state index in [9.17, 15) is 4.79 Å². The lowest BCUT2D eigenvalue weighted by Gasteiger charge is -2.11. The summed E-state index contributed by atoms with van der Waals surface area (Å²) in [5.41, 5.74) is 1.36. The van der Waals surface area contributed by atoms with Crippen LogP contribution in [0.5, 0.6) is 0 Å². The molecule has 0 aliphatic rings. The van der Waals surface area contributed by atoms with Crippen LogP contribution in [0.25, 0.3) is 10.9 Å². The minimum atomic E-state index is -0.114. The fourth-order valence-electron chi connectivity index (χ4n) is 1.76. The summed E-state index contributed by atoms with van der Waals surface area (Å²) in [5.74, 6) is 1.87. The maximum absolute atomic E-state index is 12.1. The molecule has 1 aromatic carbocycles. The van der Waals surface area contributed by atoms with E-state index < -0.39 is 0 Å². The largest absolute Gasteiger partial charge is 0.347 e. The van der Waals surface area contributed by atoms with Crippen LogP contribution in [-0.2, 0) is 0 Å². The first kappa shape index (κ1) is 13.0. The van der Waals surface area contributed by atoms with Gasteiger partial charge in [-0.25, -0.2) is 0 Å². The summed E-state index contributed by atoms with van der Waals surface area (Å²) in [6.07, 6.45) is 0. The van der Waals surface area contributed by atoms with E-state index in [4.69, 9.17) is 0 Å². The topological polar surface area (TPSA) is 57.8 Å². The van der Waals surface area contributed by atoms with Crippen LogP contribution in [0, 0.1) is 0 Å². The Morgan fingerprint density at radius 3 is 3.06 bits per heavy atom. The van der Waals surface area contributed by atoms with Crippen molar-refractivity contribution in [1.29, 1.82) is 0 Å². The van der Waals surface area contributed by atoms with Gasteiger partial charge in [0.15, 0.2) is 5.69 Å². The zero-order chi connectivity index (χ0) is 13.0. The van der Waals surface area contributed by atoms with Crippen molar-refractivity contribution in [2.45, 2.75) is 19.9 Å². The van der Waals surface area contributed by atoms with Gasteiger partial charge in [0.2, 0.25) is 0 Å². The highest BCUT2D eigenvalue weighted by molar-refractivity contribution is 7.99. The number of para-hydroxylation sites is 1. The summed E-state index contributed by atoms with van der Waals surface area (Å²) >= 11 is 1.82. The third kappa shape index (κ3) is 2.85. The molecule has 1 unspecified atom stereocenters. The molecule has 0 aliphatic carbocycles. The molecule has 5 heteroatoms. The third-order valence-electron chi connectivity index (χ3n) is 2.63. The van der Waals surface area contributed by atoms with Crippen LogP contribution in [0.2, 0.25) is 0 Å². The minimum Gasteiger partial charge on any atom is -0.347 e. The lowest BCUT2D eigenvalue weighted by atomic mass is 10.2. The Kier molecular flexibility index (Phi) is 4.25. The van der Waals surface area contributed by atoms with E-state index in [2.05, 4.69) is 22.4 Å². The molecule has 1 amide bonds. The summed E-state index contributed by atoms with van der Waals surface area (Å²) in [4.78, 5) is 12.1. The molecule has 0 fully saturated rings. The van der Waals surface area contributed by atoms with Crippen molar-refractivity contribution >= 4 is 28.6 Å². The van der Waals surface area contributed by atoms with E-state index in [0.717, 1.165) is 22.4 Å². The van der Waals surface area contributed by atoms with Gasteiger partial charge in [-0.1, -0.05) is 25.1 Å². The van der Waals surface area contributed by atoms with Crippen LogP contribution in [0.4, 0.5) is 0 Å². The molecule has 2 N–H and O–H groups in total. The molecule has 96 valence electrons. The third-order valence-corrected chi connectivity index (χ3v) is 3.78. The van der Waals surface area contributed by atoms with Gasteiger partial charge in [0, 0.05) is 17.2 Å². The molecule has 1 atom stereocenters. The summed E-state index contributed by atoms with van der Waals surface area (Å²) in [7, 11) is 0. The molecule has 0 radical (unpaired) electrons. The first-order valence-electron chi connectivity index (χ1n) is 6.04. The van der Waals surface area contributed by atoms with Crippen molar-refractivity contribution in [1.82, 2.24) is 15.5 Å². The van der Waals surface area contributed by atoms with Crippen molar-refractivity contribution in [3.8, 4) is 0 Å². The number of nitrogens with one attached hydrogen (secondary N) is 2. The number of rotatable bonds is 5. The summed E-state index contributed by atoms with van der Waals surface area (Å²) < 4.78 is 0. The van der Waals surface area contributed by atoms with Crippen LogP contribution in [-0.4, -0.2) is 33.7 Å². The average molecular weight is 263 g/mol. The number of thioether (sulfide) groups is 1. The molecule has 2 rings (SSSR count). The van der Waals surface area contributed by atoms with Gasteiger partial charge in [0.1, 0.15) is 0 Å². The number of H-pyrrole nitrogens is 1. The number of fused-ring (bicyclic) bond motifs is 1. The molecule has 1 heterocycles. The van der Waals surface area contributed by atoms with E-state index >= 15 is 0 Å². The Balaban J connectivity index is 2.09. The Bertz CT molecular complexity index is 538. The van der Waals surface area contributed by atoms with Crippen molar-refractivity contribution in [3.63, 3.8) is 0 Å². The van der Waals surface area contributed by atoms with Gasteiger partial charge in [0.25, 0.3) is 5.91 Å². The highest BCUT2D eigenvalue weighted by Gasteiger charge is 2.15. The Morgan fingerprint density at radius 1 is 1.50 bits per heavy atom. The van der Waals surface area contributed by atoms with Crippen molar-refractivity contribution in [2.75, 3.05) is 11.5 Å². The number of hydrogen-bond donors (Lipinski definition) is 2. The molecule has 0 bridgehead atoms. The fourth-order valence-corrected chi connectivity index (χ4v) is 2.44. The summed E-state index contributed by atoms with van der Waals surface area (Å²) in [5, 5.41) is 10.8. The first-order chi connectivity index (χ1) is 8.72. The highest BCUT2D eigenvalue weighted by Crippen LogP contribution is 2.15. The van der Waals surface area contributed by atoms with Gasteiger partial charge in [-0.2, -0.15) is 16.9 Å². The average Bonchev–Trinajstić information content (AvgIpc) is 2.80. The maximum atomic E-state index is 12.1. The Labute approximate surface area is 111 Å². The Hall–Kier alpha value is -1.49. The van der Waals surface area contributed by atoms with Gasteiger partial charge in [-0.15, -0.1) is 0 Å². The summed E-state index contributed by atoms with van der Waals surface area (Å²) in [6, 6.07) is 7.79. The van der Waals surface area contributed by atoms with E-state index in [1.54, 1.807) is 0 Å². The molecule has 2 aromatic rings. The van der Waals surface area contributed by atoms with Gasteiger partial charge in [0.05, 0.1) is 5.52 Å². The molecular weight excluding hydrogens is 246 g/mol. The smallest absolute Gasteiger partial charge is 0.272 e. The molecule has 18 heavy (non-hydrogen) atoms. The predicted molar refractivity (Wildman–Crippen MR) is 76.0 cm³/mol. The van der Waals surface area contributed by atoms with Crippen molar-refractivity contribution in [3.05, 3.63) is 30.0 Å². The second kappa shape index (κ2) is 5.91. The fraction of sp³-hybridized carbons (Fsp3) is 0.385. The normalized spacial score (nSPS) is 12.6. The lowest BCUT2D eigenvalue weighted by molar-refractivity contribution is 0.0940. The van der Waals surface area contributed by atoms with E-state index in [0.29, 0.717) is 5.69 Å². The second-order valence-corrected chi connectivity index (χ2v) is 5.47. The van der Waals surface area contributed by atoms with Crippen molar-refractivity contribution in [2.24, 2.45) is 0 Å². The van der Waals surface area contributed by atoms with E-state index in [1.165, 1.54) is 0 Å². The standard InChI is InChI=1S/C13H17N3OS/c1-3-18-8-9(2)14-13(17)12-10-6-4-5-7-11(10)15-16-12/h4-7,9H,3,8H2,1-2H3,(H,14,17)(H,15,16). The van der Waals surface area contributed by atoms with Gasteiger partial charge < -0.3 is 5.32 Å². The van der Waals surface area contributed by atoms with Gasteiger partial charge in [-0.3, -0.25) is 9.89 Å². The van der Waals surface area contributed by atoms with Gasteiger partial charge in [-0.05, 0) is 18.7 Å². The number of nitrogens with zero attached hydrogens (tertiary/aromatic N) is 1. The number of aromatic amines is 1. The molecule has 0 saturated carbocycles. The number of hydrogen-bond acceptors (Lipinski definition) is 3. The highest BCUT2D eigenvalue weighted by atomic mass is 32.2. The van der Waals surface area contributed by atoms with Crippen molar-refractivity contribution < 1.29 is 4.79 Å². The van der Waals surface area contributed by atoms with E-state index in [-0.39, 0.29) is 11.9 Å². The number of aromatic nitrogens is 2. The molecule has 0 aliphatic heterocycles. The molecular formula is C13H17N3OS. The molecule has 0 spiro atoms. The quantitative estimate of drug-likeness (QED) is 0.871. The lowest BCUT2D eigenvalue weighted by Crippen LogP contribution is -2.34. The Morgan fingerprint density at radius 2 is 2.28 bits per heavy atom. The SMILES string of the molecule is CCSCC(C)NC(=O)c1n[nH]c2ccccc12. The van der Waals surface area contributed by atoms with Crippen LogP contribution in [0.3, 0.4) is 0 Å². The zero-order valence-electron chi connectivity index (χ0n) is 10.6. The first-order valence-corrected chi connectivity index (χ1v) is 7.19. The van der Waals surface area contributed by atoms with E-state index in [1.807, 2.05) is 43.0 Å². The molecule has 0 saturated heterocycles. The van der Waals surface area contributed by atoms with Crippen LogP contribution >= 0.6 is 11.8 Å². The zero-order valence-corrected chi connectivity index (χ0v) is 11.4. The molecule has 1 aromatic heterocycles. The second-order valence-electron chi connectivity index (χ2n) is 4.15. The van der Waals surface area contributed by atoms with Crippen LogP contribution in [0.15, 0.2) is 24.3 Å². The van der Waals surface area contributed by atoms with Crippen LogP contribution < -0.4 is 5.32 Å². The number of amides is 1.